The van der Waals surface area contributed by atoms with Crippen LogP contribution in [0.4, 0.5) is 4.79 Å². The van der Waals surface area contributed by atoms with Gasteiger partial charge in [-0.2, -0.15) is 5.26 Å². The summed E-state index contributed by atoms with van der Waals surface area (Å²) in [7, 11) is 1.76. The van der Waals surface area contributed by atoms with E-state index in [1.165, 1.54) is 0 Å². The molecule has 1 heterocycles. The summed E-state index contributed by atoms with van der Waals surface area (Å²) in [6, 6.07) is 2.40. The number of likely N-dealkylation sites (tertiary alicyclic amines) is 1. The van der Waals surface area contributed by atoms with Gasteiger partial charge in [0.25, 0.3) is 0 Å². The summed E-state index contributed by atoms with van der Waals surface area (Å²) in [6.45, 7) is 6.63. The van der Waals surface area contributed by atoms with Crippen LogP contribution in [-0.2, 0) is 4.79 Å². The number of rotatable bonds is 4. The number of urea groups is 1. The van der Waals surface area contributed by atoms with E-state index >= 15 is 0 Å². The van der Waals surface area contributed by atoms with Crippen molar-refractivity contribution >= 4 is 11.9 Å². The van der Waals surface area contributed by atoms with Gasteiger partial charge in [0.15, 0.2) is 0 Å². The first-order valence-electron chi connectivity index (χ1n) is 8.71. The molecule has 128 valence electrons. The molecular formula is C17H28N4O2. The molecule has 1 saturated carbocycles. The number of piperidine rings is 1. The number of hydrogen-bond acceptors (Lipinski definition) is 3. The van der Waals surface area contributed by atoms with Gasteiger partial charge in [-0.1, -0.05) is 0 Å². The zero-order valence-corrected chi connectivity index (χ0v) is 14.5. The van der Waals surface area contributed by atoms with Gasteiger partial charge in [0.2, 0.25) is 5.91 Å². The van der Waals surface area contributed by atoms with Crippen molar-refractivity contribution in [1.29, 1.82) is 5.26 Å². The van der Waals surface area contributed by atoms with Crippen LogP contribution < -0.4 is 0 Å². The minimum atomic E-state index is -0.578. The summed E-state index contributed by atoms with van der Waals surface area (Å²) in [5, 5.41) is 9.38. The van der Waals surface area contributed by atoms with Gasteiger partial charge in [-0.05, 0) is 46.0 Å². The maximum atomic E-state index is 12.7. The SMILES string of the molecule is CCN(CC)C(=O)N1CCC(C(=O)N(C)C2(C#N)CCC2)CC1. The second-order valence-electron chi connectivity index (χ2n) is 6.61. The number of carbonyl (C=O) groups excluding carboxylic acids is 2. The van der Waals surface area contributed by atoms with E-state index in [-0.39, 0.29) is 17.9 Å². The molecule has 0 N–H and O–H groups in total. The van der Waals surface area contributed by atoms with Crippen LogP contribution in [0.2, 0.25) is 0 Å². The third-order valence-electron chi connectivity index (χ3n) is 5.51. The Bertz CT molecular complexity index is 483. The van der Waals surface area contributed by atoms with E-state index < -0.39 is 5.54 Å². The van der Waals surface area contributed by atoms with Crippen LogP contribution in [0.3, 0.4) is 0 Å². The molecular weight excluding hydrogens is 292 g/mol. The molecule has 1 saturated heterocycles. The number of nitrogens with zero attached hydrogens (tertiary/aromatic N) is 4. The minimum absolute atomic E-state index is 0.0634. The highest BCUT2D eigenvalue weighted by Crippen LogP contribution is 2.37. The molecule has 0 radical (unpaired) electrons. The van der Waals surface area contributed by atoms with E-state index in [2.05, 4.69) is 6.07 Å². The largest absolute Gasteiger partial charge is 0.327 e. The normalized spacial score (nSPS) is 20.3. The first kappa shape index (κ1) is 17.6. The molecule has 3 amide bonds. The van der Waals surface area contributed by atoms with Crippen LogP contribution >= 0.6 is 0 Å². The van der Waals surface area contributed by atoms with Gasteiger partial charge in [0.05, 0.1) is 6.07 Å². The van der Waals surface area contributed by atoms with Gasteiger partial charge in [-0.15, -0.1) is 0 Å². The molecule has 1 aliphatic carbocycles. The monoisotopic (exact) mass is 320 g/mol. The Kier molecular flexibility index (Phi) is 5.51. The molecule has 6 heteroatoms. The fourth-order valence-electron chi connectivity index (χ4n) is 3.53. The Hall–Kier alpha value is -1.77. The lowest BCUT2D eigenvalue weighted by atomic mass is 9.76. The van der Waals surface area contributed by atoms with Crippen LogP contribution in [0, 0.1) is 17.2 Å². The Morgan fingerprint density at radius 3 is 2.17 bits per heavy atom. The summed E-state index contributed by atoms with van der Waals surface area (Å²) in [5.41, 5.74) is -0.578. The molecule has 0 aromatic carbocycles. The summed E-state index contributed by atoms with van der Waals surface area (Å²) < 4.78 is 0. The Labute approximate surface area is 139 Å². The summed E-state index contributed by atoms with van der Waals surface area (Å²) >= 11 is 0. The van der Waals surface area contributed by atoms with Crippen LogP contribution in [0.25, 0.3) is 0 Å². The Balaban J connectivity index is 1.90. The van der Waals surface area contributed by atoms with Crippen molar-refractivity contribution in [2.24, 2.45) is 5.92 Å². The molecule has 2 fully saturated rings. The Morgan fingerprint density at radius 2 is 1.78 bits per heavy atom. The fraction of sp³-hybridized carbons (Fsp3) is 0.824. The number of hydrogen-bond donors (Lipinski definition) is 0. The molecule has 2 aliphatic rings. The lowest BCUT2D eigenvalue weighted by Gasteiger charge is -2.45. The number of carbonyl (C=O) groups is 2. The molecule has 0 atom stereocenters. The first-order chi connectivity index (χ1) is 11.0. The lowest BCUT2D eigenvalue weighted by Crippen LogP contribution is -2.56. The van der Waals surface area contributed by atoms with Crippen LogP contribution in [0.15, 0.2) is 0 Å². The van der Waals surface area contributed by atoms with E-state index in [4.69, 9.17) is 0 Å². The van der Waals surface area contributed by atoms with E-state index in [0.29, 0.717) is 39.0 Å². The predicted octanol–water partition coefficient (Wildman–Crippen LogP) is 2.06. The van der Waals surface area contributed by atoms with Crippen molar-refractivity contribution in [1.82, 2.24) is 14.7 Å². The molecule has 23 heavy (non-hydrogen) atoms. The highest BCUT2D eigenvalue weighted by Gasteiger charge is 2.45. The van der Waals surface area contributed by atoms with Crippen LogP contribution in [0.5, 0.6) is 0 Å². The third kappa shape index (κ3) is 3.29. The topological polar surface area (TPSA) is 67.7 Å². The van der Waals surface area contributed by atoms with Crippen molar-refractivity contribution < 1.29 is 9.59 Å². The second kappa shape index (κ2) is 7.20. The van der Waals surface area contributed by atoms with Crippen molar-refractivity contribution in [2.75, 3.05) is 33.2 Å². The van der Waals surface area contributed by atoms with E-state index in [9.17, 15) is 14.9 Å². The van der Waals surface area contributed by atoms with Gasteiger partial charge in [-0.3, -0.25) is 4.79 Å². The third-order valence-corrected chi connectivity index (χ3v) is 5.51. The molecule has 0 aromatic heterocycles. The average molecular weight is 320 g/mol. The van der Waals surface area contributed by atoms with E-state index in [1.54, 1.807) is 11.9 Å². The van der Waals surface area contributed by atoms with Gasteiger partial charge in [-0.25, -0.2) is 4.79 Å². The van der Waals surface area contributed by atoms with E-state index in [1.807, 2.05) is 23.6 Å². The zero-order valence-electron chi connectivity index (χ0n) is 14.5. The number of amides is 3. The molecule has 0 spiro atoms. The summed E-state index contributed by atoms with van der Waals surface area (Å²) in [4.78, 5) is 30.4. The summed E-state index contributed by atoms with van der Waals surface area (Å²) in [6.07, 6.45) is 3.97. The smallest absolute Gasteiger partial charge is 0.319 e. The lowest BCUT2D eigenvalue weighted by molar-refractivity contribution is -0.142. The number of nitriles is 1. The quantitative estimate of drug-likeness (QED) is 0.796. The Morgan fingerprint density at radius 1 is 1.22 bits per heavy atom. The minimum Gasteiger partial charge on any atom is -0.327 e. The maximum Gasteiger partial charge on any atom is 0.319 e. The zero-order chi connectivity index (χ0) is 17.0. The molecule has 0 aromatic rings. The van der Waals surface area contributed by atoms with Gasteiger partial charge in [0, 0.05) is 39.1 Å². The van der Waals surface area contributed by atoms with Crippen molar-refractivity contribution in [3.63, 3.8) is 0 Å². The van der Waals surface area contributed by atoms with Gasteiger partial charge < -0.3 is 14.7 Å². The predicted molar refractivity (Wildman–Crippen MR) is 87.6 cm³/mol. The van der Waals surface area contributed by atoms with Crippen LogP contribution in [0.1, 0.15) is 46.0 Å². The highest BCUT2D eigenvalue weighted by atomic mass is 16.2. The van der Waals surface area contributed by atoms with Gasteiger partial charge >= 0.3 is 6.03 Å². The van der Waals surface area contributed by atoms with E-state index in [0.717, 1.165) is 19.3 Å². The molecule has 2 rings (SSSR count). The molecule has 1 aliphatic heterocycles. The maximum absolute atomic E-state index is 12.7. The average Bonchev–Trinajstić information content (AvgIpc) is 2.54. The fourth-order valence-corrected chi connectivity index (χ4v) is 3.53. The van der Waals surface area contributed by atoms with Crippen molar-refractivity contribution in [3.05, 3.63) is 0 Å². The van der Waals surface area contributed by atoms with Crippen molar-refractivity contribution in [2.45, 2.75) is 51.5 Å². The van der Waals surface area contributed by atoms with Gasteiger partial charge in [0.1, 0.15) is 5.54 Å². The standard InChI is InChI=1S/C17H28N4O2/c1-4-20(5-2)16(23)21-11-7-14(8-12-21)15(22)19(3)17(13-18)9-6-10-17/h14H,4-12H2,1-3H3. The van der Waals surface area contributed by atoms with Crippen LogP contribution in [-0.4, -0.2) is 65.4 Å². The first-order valence-corrected chi connectivity index (χ1v) is 8.71. The van der Waals surface area contributed by atoms with Crippen molar-refractivity contribution in [3.8, 4) is 6.07 Å². The highest BCUT2D eigenvalue weighted by molar-refractivity contribution is 5.81. The molecule has 0 bridgehead atoms. The molecule has 6 nitrogen and oxygen atoms in total. The molecule has 0 unspecified atom stereocenters. The summed E-state index contributed by atoms with van der Waals surface area (Å²) in [5.74, 6) is 0.00719. The second-order valence-corrected chi connectivity index (χ2v) is 6.61.